The molecule has 0 saturated carbocycles. The third-order valence-corrected chi connectivity index (χ3v) is 3.59. The van der Waals surface area contributed by atoms with Crippen LogP contribution in [0.5, 0.6) is 0 Å². The maximum atomic E-state index is 11.1. The Morgan fingerprint density at radius 1 is 1.24 bits per heavy atom. The number of para-hydroxylation sites is 2. The van der Waals surface area contributed by atoms with Crippen molar-refractivity contribution < 1.29 is 9.34 Å². The van der Waals surface area contributed by atoms with Crippen LogP contribution in [0.4, 0.5) is 11.5 Å². The van der Waals surface area contributed by atoms with Gasteiger partial charge in [0.25, 0.3) is 5.22 Å². The van der Waals surface area contributed by atoms with Crippen LogP contribution in [0.3, 0.4) is 0 Å². The van der Waals surface area contributed by atoms with E-state index in [0.717, 1.165) is 11.8 Å². The monoisotopic (exact) mass is 302 g/mol. The molecular formula is C13H10N4O3S. The molecule has 1 N–H and O–H groups in total. The van der Waals surface area contributed by atoms with Crippen molar-refractivity contribution in [3.05, 3.63) is 46.5 Å². The quantitative estimate of drug-likeness (QED) is 0.583. The molecule has 0 aliphatic heterocycles. The third-order valence-electron chi connectivity index (χ3n) is 2.75. The molecule has 0 radical (unpaired) electrons. The number of oxazole rings is 1. The highest BCUT2D eigenvalue weighted by Crippen LogP contribution is 2.35. The highest BCUT2D eigenvalue weighted by molar-refractivity contribution is 7.99. The molecule has 8 heteroatoms. The van der Waals surface area contributed by atoms with E-state index < -0.39 is 4.92 Å². The van der Waals surface area contributed by atoms with Crippen LogP contribution in [0.15, 0.2) is 51.1 Å². The number of nitrogens with zero attached hydrogens (tertiary/aromatic N) is 3. The minimum Gasteiger partial charge on any atom is -0.431 e. The van der Waals surface area contributed by atoms with E-state index in [0.29, 0.717) is 22.1 Å². The Morgan fingerprint density at radius 2 is 2.05 bits per heavy atom. The van der Waals surface area contributed by atoms with E-state index in [1.54, 1.807) is 19.2 Å². The molecule has 2 heterocycles. The number of nitro groups is 1. The van der Waals surface area contributed by atoms with Gasteiger partial charge in [0.2, 0.25) is 0 Å². The van der Waals surface area contributed by atoms with Crippen LogP contribution in [0.1, 0.15) is 0 Å². The summed E-state index contributed by atoms with van der Waals surface area (Å²) in [5.41, 5.74) is 1.25. The van der Waals surface area contributed by atoms with Gasteiger partial charge in [-0.05, 0) is 30.0 Å². The van der Waals surface area contributed by atoms with Gasteiger partial charge in [-0.15, -0.1) is 0 Å². The maximum Gasteiger partial charge on any atom is 0.302 e. The van der Waals surface area contributed by atoms with Gasteiger partial charge in [-0.3, -0.25) is 10.1 Å². The van der Waals surface area contributed by atoms with Gasteiger partial charge in [-0.1, -0.05) is 12.1 Å². The minimum atomic E-state index is -0.475. The van der Waals surface area contributed by atoms with Crippen molar-refractivity contribution in [3.63, 3.8) is 0 Å². The van der Waals surface area contributed by atoms with Crippen molar-refractivity contribution in [3.8, 4) is 0 Å². The zero-order chi connectivity index (χ0) is 14.8. The van der Waals surface area contributed by atoms with Gasteiger partial charge in [-0.25, -0.2) is 9.97 Å². The topological polar surface area (TPSA) is 94.1 Å². The molecule has 0 unspecified atom stereocenters. The van der Waals surface area contributed by atoms with Crippen LogP contribution in [0.25, 0.3) is 11.1 Å². The summed E-state index contributed by atoms with van der Waals surface area (Å²) in [6.07, 6.45) is 0. The summed E-state index contributed by atoms with van der Waals surface area (Å²) in [7, 11) is 1.70. The Balaban J connectivity index is 2.01. The molecule has 0 aliphatic rings. The maximum absolute atomic E-state index is 11.1. The number of pyridine rings is 1. The lowest BCUT2D eigenvalue weighted by molar-refractivity contribution is -0.388. The first-order valence-corrected chi connectivity index (χ1v) is 6.85. The SMILES string of the molecule is CNc1ccc([N+](=O)[O-])c(Sc2nc3ccccc3o2)n1. The van der Waals surface area contributed by atoms with Crippen molar-refractivity contribution in [1.29, 1.82) is 0 Å². The molecule has 0 spiro atoms. The van der Waals surface area contributed by atoms with Gasteiger partial charge in [0.05, 0.1) is 4.92 Å². The molecule has 0 amide bonds. The van der Waals surface area contributed by atoms with Crippen molar-refractivity contribution in [2.45, 2.75) is 10.2 Å². The molecule has 0 bridgehead atoms. The highest BCUT2D eigenvalue weighted by Gasteiger charge is 2.19. The van der Waals surface area contributed by atoms with E-state index >= 15 is 0 Å². The highest BCUT2D eigenvalue weighted by atomic mass is 32.2. The van der Waals surface area contributed by atoms with Crippen LogP contribution in [0.2, 0.25) is 0 Å². The molecule has 0 fully saturated rings. The molecule has 1 aromatic carbocycles. The standard InChI is InChI=1S/C13H10N4O3S/c1-14-11-7-6-9(17(18)19)12(16-11)21-13-15-8-4-2-3-5-10(8)20-13/h2-7H,1H3,(H,14,16). The predicted molar refractivity (Wildman–Crippen MR) is 78.6 cm³/mol. The smallest absolute Gasteiger partial charge is 0.302 e. The number of hydrogen-bond donors (Lipinski definition) is 1. The summed E-state index contributed by atoms with van der Waals surface area (Å²) in [5, 5.41) is 14.5. The summed E-state index contributed by atoms with van der Waals surface area (Å²) in [5.74, 6) is 0.541. The summed E-state index contributed by atoms with van der Waals surface area (Å²) in [6, 6.07) is 10.2. The summed E-state index contributed by atoms with van der Waals surface area (Å²) < 4.78 is 5.55. The van der Waals surface area contributed by atoms with E-state index in [2.05, 4.69) is 15.3 Å². The third kappa shape index (κ3) is 2.65. The fourth-order valence-corrected chi connectivity index (χ4v) is 2.60. The lowest BCUT2D eigenvalue weighted by Crippen LogP contribution is -1.97. The number of hydrogen-bond acceptors (Lipinski definition) is 7. The van der Waals surface area contributed by atoms with Crippen LogP contribution in [-0.2, 0) is 0 Å². The second-order valence-corrected chi connectivity index (χ2v) is 5.02. The normalized spacial score (nSPS) is 10.7. The van der Waals surface area contributed by atoms with Gasteiger partial charge in [0.1, 0.15) is 11.3 Å². The Hall–Kier alpha value is -2.61. The Labute approximate surface area is 123 Å². The molecule has 0 saturated heterocycles. The molecule has 7 nitrogen and oxygen atoms in total. The molecule has 21 heavy (non-hydrogen) atoms. The van der Waals surface area contributed by atoms with Gasteiger partial charge < -0.3 is 9.73 Å². The van der Waals surface area contributed by atoms with Crippen molar-refractivity contribution >= 4 is 34.4 Å². The number of fused-ring (bicyclic) bond motifs is 1. The number of benzene rings is 1. The second kappa shape index (κ2) is 5.41. The molecular weight excluding hydrogens is 292 g/mol. The summed E-state index contributed by atoms with van der Waals surface area (Å²) in [6.45, 7) is 0. The number of nitrogens with one attached hydrogen (secondary N) is 1. The number of rotatable bonds is 4. The first kappa shape index (κ1) is 13.4. The zero-order valence-corrected chi connectivity index (χ0v) is 11.8. The summed E-state index contributed by atoms with van der Waals surface area (Å²) in [4.78, 5) is 19.1. The number of aromatic nitrogens is 2. The lowest BCUT2D eigenvalue weighted by atomic mass is 10.3. The molecule has 106 valence electrons. The molecule has 0 aliphatic carbocycles. The van der Waals surface area contributed by atoms with E-state index in [1.807, 2.05) is 18.2 Å². The van der Waals surface area contributed by atoms with Gasteiger partial charge in [0, 0.05) is 13.1 Å². The van der Waals surface area contributed by atoms with Crippen molar-refractivity contribution in [2.24, 2.45) is 0 Å². The van der Waals surface area contributed by atoms with Gasteiger partial charge in [0.15, 0.2) is 10.6 Å². The Morgan fingerprint density at radius 3 is 2.76 bits per heavy atom. The van der Waals surface area contributed by atoms with E-state index in [9.17, 15) is 10.1 Å². The van der Waals surface area contributed by atoms with E-state index in [1.165, 1.54) is 6.07 Å². The second-order valence-electron chi connectivity index (χ2n) is 4.08. The average molecular weight is 302 g/mol. The Kier molecular flexibility index (Phi) is 3.44. The zero-order valence-electron chi connectivity index (χ0n) is 10.9. The Bertz CT molecular complexity index is 785. The molecule has 3 aromatic rings. The number of anilines is 1. The fraction of sp³-hybridized carbons (Fsp3) is 0.0769. The van der Waals surface area contributed by atoms with Crippen LogP contribution in [0, 0.1) is 10.1 Å². The van der Waals surface area contributed by atoms with Crippen LogP contribution >= 0.6 is 11.8 Å². The van der Waals surface area contributed by atoms with E-state index in [4.69, 9.17) is 4.42 Å². The molecule has 2 aromatic heterocycles. The first-order valence-electron chi connectivity index (χ1n) is 6.04. The first-order chi connectivity index (χ1) is 10.2. The van der Waals surface area contributed by atoms with E-state index in [-0.39, 0.29) is 10.7 Å². The molecule has 0 atom stereocenters. The van der Waals surface area contributed by atoms with Crippen molar-refractivity contribution in [2.75, 3.05) is 12.4 Å². The van der Waals surface area contributed by atoms with Crippen molar-refractivity contribution in [1.82, 2.24) is 9.97 Å². The van der Waals surface area contributed by atoms with Crippen LogP contribution in [-0.4, -0.2) is 21.9 Å². The largest absolute Gasteiger partial charge is 0.431 e. The summed E-state index contributed by atoms with van der Waals surface area (Å²) >= 11 is 1.03. The van der Waals surface area contributed by atoms with Gasteiger partial charge >= 0.3 is 5.69 Å². The lowest BCUT2D eigenvalue weighted by Gasteiger charge is -2.02. The van der Waals surface area contributed by atoms with Gasteiger partial charge in [-0.2, -0.15) is 0 Å². The molecule has 3 rings (SSSR count). The minimum absolute atomic E-state index is 0.0822. The van der Waals surface area contributed by atoms with Crippen LogP contribution < -0.4 is 5.32 Å². The predicted octanol–water partition coefficient (Wildman–Crippen LogP) is 3.32. The average Bonchev–Trinajstić information content (AvgIpc) is 2.89. The fourth-order valence-electron chi connectivity index (χ4n) is 1.76.